The van der Waals surface area contributed by atoms with E-state index in [9.17, 15) is 9.90 Å². The summed E-state index contributed by atoms with van der Waals surface area (Å²) in [6, 6.07) is 9.70. The highest BCUT2D eigenvalue weighted by atomic mass is 32.2. The molecule has 0 aliphatic carbocycles. The number of aliphatic carboxylic acids is 1. The van der Waals surface area contributed by atoms with E-state index in [4.69, 9.17) is 5.73 Å². The van der Waals surface area contributed by atoms with Crippen LogP contribution in [-0.4, -0.2) is 21.9 Å². The SMILES string of the molecule is CCCCC(C)SC(c1ccccc1)C(C)(N)C(=O)O. The molecule has 3 N–H and O–H groups in total. The molecule has 3 nitrogen and oxygen atoms in total. The maximum absolute atomic E-state index is 11.5. The third-order valence-corrected chi connectivity index (χ3v) is 5.17. The lowest BCUT2D eigenvalue weighted by Crippen LogP contribution is -2.49. The quantitative estimate of drug-likeness (QED) is 0.765. The molecule has 0 amide bonds. The van der Waals surface area contributed by atoms with Crippen LogP contribution in [-0.2, 0) is 4.79 Å². The van der Waals surface area contributed by atoms with Crippen LogP contribution >= 0.6 is 11.8 Å². The second-order valence-electron chi connectivity index (χ2n) is 5.47. The molecule has 1 aromatic rings. The van der Waals surface area contributed by atoms with Crippen molar-refractivity contribution in [1.29, 1.82) is 0 Å². The number of carboxylic acids is 1. The monoisotopic (exact) mass is 295 g/mol. The number of rotatable bonds is 8. The van der Waals surface area contributed by atoms with Crippen LogP contribution in [0, 0.1) is 0 Å². The van der Waals surface area contributed by atoms with E-state index in [1.807, 2.05) is 30.3 Å². The second kappa shape index (κ2) is 7.70. The van der Waals surface area contributed by atoms with Gasteiger partial charge in [0, 0.05) is 5.25 Å². The molecule has 1 rings (SSSR count). The molecule has 0 aromatic heterocycles. The van der Waals surface area contributed by atoms with Gasteiger partial charge in [0.25, 0.3) is 0 Å². The zero-order valence-corrected chi connectivity index (χ0v) is 13.3. The Balaban J connectivity index is 2.94. The van der Waals surface area contributed by atoms with Gasteiger partial charge in [0.2, 0.25) is 0 Å². The van der Waals surface area contributed by atoms with Gasteiger partial charge in [-0.05, 0) is 18.9 Å². The summed E-state index contributed by atoms with van der Waals surface area (Å²) in [5.41, 5.74) is 5.80. The maximum atomic E-state index is 11.5. The summed E-state index contributed by atoms with van der Waals surface area (Å²) in [6.45, 7) is 5.91. The van der Waals surface area contributed by atoms with Crippen LogP contribution in [0.3, 0.4) is 0 Å². The molecule has 4 heteroatoms. The van der Waals surface area contributed by atoms with E-state index in [0.29, 0.717) is 5.25 Å². The topological polar surface area (TPSA) is 63.3 Å². The number of hydrogen-bond donors (Lipinski definition) is 2. The van der Waals surface area contributed by atoms with Crippen molar-refractivity contribution in [3.63, 3.8) is 0 Å². The minimum absolute atomic E-state index is 0.243. The molecule has 3 atom stereocenters. The van der Waals surface area contributed by atoms with Gasteiger partial charge >= 0.3 is 5.97 Å². The minimum atomic E-state index is -1.27. The van der Waals surface area contributed by atoms with Crippen molar-refractivity contribution in [3.8, 4) is 0 Å². The molecule has 0 saturated carbocycles. The zero-order valence-electron chi connectivity index (χ0n) is 12.5. The van der Waals surface area contributed by atoms with Gasteiger partial charge in [0.1, 0.15) is 5.54 Å². The maximum Gasteiger partial charge on any atom is 0.324 e. The first-order valence-electron chi connectivity index (χ1n) is 7.12. The van der Waals surface area contributed by atoms with Gasteiger partial charge in [-0.3, -0.25) is 4.79 Å². The number of carbonyl (C=O) groups is 1. The van der Waals surface area contributed by atoms with Gasteiger partial charge in [-0.15, -0.1) is 11.8 Å². The third kappa shape index (κ3) is 4.53. The fourth-order valence-electron chi connectivity index (χ4n) is 2.10. The Morgan fingerprint density at radius 1 is 1.40 bits per heavy atom. The van der Waals surface area contributed by atoms with E-state index in [1.165, 1.54) is 0 Å². The second-order valence-corrected chi connectivity index (χ2v) is 7.02. The van der Waals surface area contributed by atoms with Gasteiger partial charge in [0.05, 0.1) is 5.25 Å². The summed E-state index contributed by atoms with van der Waals surface area (Å²) in [7, 11) is 0. The molecular formula is C16H25NO2S. The fraction of sp³-hybridized carbons (Fsp3) is 0.562. The lowest BCUT2D eigenvalue weighted by Gasteiger charge is -2.32. The highest BCUT2D eigenvalue weighted by Gasteiger charge is 2.39. The largest absolute Gasteiger partial charge is 0.480 e. The van der Waals surface area contributed by atoms with Crippen molar-refractivity contribution < 1.29 is 9.90 Å². The van der Waals surface area contributed by atoms with E-state index in [-0.39, 0.29) is 5.25 Å². The molecule has 0 saturated heterocycles. The molecule has 0 radical (unpaired) electrons. The molecule has 1 aromatic carbocycles. The predicted octanol–water partition coefficient (Wildman–Crippen LogP) is 3.84. The van der Waals surface area contributed by atoms with Crippen LogP contribution in [0.15, 0.2) is 30.3 Å². The highest BCUT2D eigenvalue weighted by Crippen LogP contribution is 2.41. The van der Waals surface area contributed by atoms with Gasteiger partial charge < -0.3 is 10.8 Å². The number of carboxylic acid groups (broad SMARTS) is 1. The van der Waals surface area contributed by atoms with Crippen LogP contribution in [0.5, 0.6) is 0 Å². The molecule has 0 bridgehead atoms. The van der Waals surface area contributed by atoms with Crippen molar-refractivity contribution >= 4 is 17.7 Å². The van der Waals surface area contributed by atoms with E-state index in [2.05, 4.69) is 13.8 Å². The predicted molar refractivity (Wildman–Crippen MR) is 86.0 cm³/mol. The first kappa shape index (κ1) is 17.1. The van der Waals surface area contributed by atoms with Gasteiger partial charge in [0.15, 0.2) is 0 Å². The molecule has 0 aliphatic heterocycles. The van der Waals surface area contributed by atoms with Crippen molar-refractivity contribution in [2.75, 3.05) is 0 Å². The normalized spacial score (nSPS) is 17.2. The van der Waals surface area contributed by atoms with Crippen molar-refractivity contribution in [1.82, 2.24) is 0 Å². The Hall–Kier alpha value is -1.00. The lowest BCUT2D eigenvalue weighted by atomic mass is 9.93. The summed E-state index contributed by atoms with van der Waals surface area (Å²) in [6.07, 6.45) is 3.39. The Bertz CT molecular complexity index is 420. The third-order valence-electron chi connectivity index (χ3n) is 3.44. The molecule has 0 heterocycles. The Labute approximate surface area is 125 Å². The molecule has 0 fully saturated rings. The molecule has 112 valence electrons. The standard InChI is InChI=1S/C16H25NO2S/c1-4-5-9-12(2)20-14(16(3,17)15(18)19)13-10-7-6-8-11-13/h6-8,10-12,14H,4-5,9,17H2,1-3H3,(H,18,19). The number of hydrogen-bond acceptors (Lipinski definition) is 3. The average molecular weight is 295 g/mol. The number of nitrogens with two attached hydrogens (primary N) is 1. The van der Waals surface area contributed by atoms with Crippen molar-refractivity contribution in [2.24, 2.45) is 5.73 Å². The van der Waals surface area contributed by atoms with E-state index < -0.39 is 11.5 Å². The summed E-state index contributed by atoms with van der Waals surface area (Å²) >= 11 is 1.67. The van der Waals surface area contributed by atoms with Gasteiger partial charge in [-0.25, -0.2) is 0 Å². The van der Waals surface area contributed by atoms with Gasteiger partial charge in [-0.1, -0.05) is 57.0 Å². The molecule has 0 spiro atoms. The lowest BCUT2D eigenvalue weighted by molar-refractivity contribution is -0.142. The minimum Gasteiger partial charge on any atom is -0.480 e. The fourth-order valence-corrected chi connectivity index (χ4v) is 3.56. The van der Waals surface area contributed by atoms with E-state index >= 15 is 0 Å². The van der Waals surface area contributed by atoms with Gasteiger partial charge in [-0.2, -0.15) is 0 Å². The van der Waals surface area contributed by atoms with Crippen LogP contribution in [0.25, 0.3) is 0 Å². The summed E-state index contributed by atoms with van der Waals surface area (Å²) < 4.78 is 0. The first-order valence-corrected chi connectivity index (χ1v) is 8.06. The highest BCUT2D eigenvalue weighted by molar-refractivity contribution is 8.00. The molecule has 0 aliphatic rings. The number of thioether (sulfide) groups is 1. The number of unbranched alkanes of at least 4 members (excludes halogenated alkanes) is 1. The summed E-state index contributed by atoms with van der Waals surface area (Å²) in [5, 5.41) is 9.57. The zero-order chi connectivity index (χ0) is 15.2. The van der Waals surface area contributed by atoms with Crippen LogP contribution < -0.4 is 5.73 Å². The van der Waals surface area contributed by atoms with Crippen LogP contribution in [0.1, 0.15) is 50.8 Å². The first-order chi connectivity index (χ1) is 9.39. The smallest absolute Gasteiger partial charge is 0.324 e. The number of benzene rings is 1. The van der Waals surface area contributed by atoms with Crippen LogP contribution in [0.4, 0.5) is 0 Å². The van der Waals surface area contributed by atoms with E-state index in [0.717, 1.165) is 24.8 Å². The molecular weight excluding hydrogens is 270 g/mol. The van der Waals surface area contributed by atoms with Crippen molar-refractivity contribution in [2.45, 2.75) is 56.1 Å². The Morgan fingerprint density at radius 3 is 2.50 bits per heavy atom. The molecule has 3 unspecified atom stereocenters. The summed E-state index contributed by atoms with van der Waals surface area (Å²) in [4.78, 5) is 11.5. The Kier molecular flexibility index (Phi) is 6.56. The van der Waals surface area contributed by atoms with Crippen molar-refractivity contribution in [3.05, 3.63) is 35.9 Å². The molecule has 20 heavy (non-hydrogen) atoms. The summed E-state index contributed by atoms with van der Waals surface area (Å²) in [5.74, 6) is -0.957. The Morgan fingerprint density at radius 2 is 2.00 bits per heavy atom. The average Bonchev–Trinajstić information content (AvgIpc) is 2.43. The van der Waals surface area contributed by atoms with Crippen LogP contribution in [0.2, 0.25) is 0 Å². The van der Waals surface area contributed by atoms with E-state index in [1.54, 1.807) is 18.7 Å².